The van der Waals surface area contributed by atoms with Gasteiger partial charge >= 0.3 is 0 Å². The van der Waals surface area contributed by atoms with Crippen molar-refractivity contribution in [1.82, 2.24) is 0 Å². The standard InChI is InChI=1S/C3H4ClO/c1-3(5)2-4/h2H,1H3. The van der Waals surface area contributed by atoms with E-state index in [0.29, 0.717) is 0 Å². The minimum absolute atomic E-state index is 0.105. The Kier molecular flexibility index (Phi) is 2.19. The van der Waals surface area contributed by atoms with E-state index < -0.39 is 0 Å². The van der Waals surface area contributed by atoms with Crippen molar-refractivity contribution in [3.8, 4) is 0 Å². The van der Waals surface area contributed by atoms with E-state index in [1.54, 1.807) is 0 Å². The minimum Gasteiger partial charge on any atom is -0.298 e. The molecule has 1 radical (unpaired) electrons. The van der Waals surface area contributed by atoms with Gasteiger partial charge in [-0.3, -0.25) is 4.79 Å². The fourth-order valence-corrected chi connectivity index (χ4v) is 0. The van der Waals surface area contributed by atoms with E-state index >= 15 is 0 Å². The molecule has 0 aliphatic heterocycles. The van der Waals surface area contributed by atoms with Crippen molar-refractivity contribution in [3.63, 3.8) is 0 Å². The highest BCUT2D eigenvalue weighted by molar-refractivity contribution is 6.34. The van der Waals surface area contributed by atoms with Crippen molar-refractivity contribution in [2.24, 2.45) is 0 Å². The monoisotopic (exact) mass is 91.0 g/mol. The van der Waals surface area contributed by atoms with Gasteiger partial charge in [0.25, 0.3) is 0 Å². The van der Waals surface area contributed by atoms with Crippen LogP contribution in [0.2, 0.25) is 0 Å². The van der Waals surface area contributed by atoms with Gasteiger partial charge in [-0.2, -0.15) is 0 Å². The van der Waals surface area contributed by atoms with Crippen molar-refractivity contribution >= 4 is 17.4 Å². The lowest BCUT2D eigenvalue weighted by atomic mass is 10.5. The van der Waals surface area contributed by atoms with Crippen LogP contribution in [0.25, 0.3) is 0 Å². The van der Waals surface area contributed by atoms with Crippen LogP contribution in [0, 0.1) is 5.88 Å². The summed E-state index contributed by atoms with van der Waals surface area (Å²) in [5, 5.41) is 0. The maximum atomic E-state index is 9.62. The summed E-state index contributed by atoms with van der Waals surface area (Å²) in [5.41, 5.74) is 0. The molecule has 5 heavy (non-hydrogen) atoms. The second-order valence-corrected chi connectivity index (χ2v) is 0.938. The Bertz CT molecular complexity index is 42.2. The lowest BCUT2D eigenvalue weighted by Crippen LogP contribution is -1.79. The smallest absolute Gasteiger partial charge is 0.149 e. The first-order valence-electron chi connectivity index (χ1n) is 1.21. The molecule has 0 unspecified atom stereocenters. The normalized spacial score (nSPS) is 7.60. The van der Waals surface area contributed by atoms with Crippen LogP contribution in [0.15, 0.2) is 0 Å². The van der Waals surface area contributed by atoms with Crippen molar-refractivity contribution in [2.45, 2.75) is 6.92 Å². The van der Waals surface area contributed by atoms with E-state index in [4.69, 9.17) is 11.6 Å². The number of Topliss-reactive ketones (excluding diaryl/α,β-unsaturated/α-hetero) is 1. The van der Waals surface area contributed by atoms with Gasteiger partial charge in [0.15, 0.2) is 0 Å². The summed E-state index contributed by atoms with van der Waals surface area (Å²) in [6.07, 6.45) is 0. The summed E-state index contributed by atoms with van der Waals surface area (Å²) < 4.78 is 0. The number of hydrogen-bond donors (Lipinski definition) is 0. The van der Waals surface area contributed by atoms with Crippen LogP contribution in [-0.2, 0) is 4.79 Å². The summed E-state index contributed by atoms with van der Waals surface area (Å²) in [4.78, 5) is 9.62. The SMILES string of the molecule is CC(=O)[CH]Cl. The fraction of sp³-hybridized carbons (Fsp3) is 0.333. The number of ketones is 1. The first kappa shape index (κ1) is 4.96. The van der Waals surface area contributed by atoms with Crippen LogP contribution in [0.4, 0.5) is 0 Å². The highest BCUT2D eigenvalue weighted by atomic mass is 35.5. The van der Waals surface area contributed by atoms with Gasteiger partial charge in [0, 0.05) is 0 Å². The second-order valence-electron chi connectivity index (χ2n) is 0.720. The molecule has 0 spiro atoms. The van der Waals surface area contributed by atoms with E-state index in [2.05, 4.69) is 0 Å². The highest BCUT2D eigenvalue weighted by Crippen LogP contribution is 1.80. The first-order valence-corrected chi connectivity index (χ1v) is 1.65. The summed E-state index contributed by atoms with van der Waals surface area (Å²) in [6.45, 7) is 1.40. The third-order valence-electron chi connectivity index (χ3n) is 0.154. The Labute approximate surface area is 35.9 Å². The Morgan fingerprint density at radius 1 is 2.00 bits per heavy atom. The van der Waals surface area contributed by atoms with Gasteiger partial charge in [0.2, 0.25) is 0 Å². The molecule has 0 rings (SSSR count). The molecule has 2 heteroatoms. The molecule has 0 aromatic heterocycles. The molecule has 0 aromatic rings. The maximum absolute atomic E-state index is 9.62. The van der Waals surface area contributed by atoms with Gasteiger partial charge in [0.05, 0.1) is 0 Å². The molecule has 0 aromatic carbocycles. The van der Waals surface area contributed by atoms with Gasteiger partial charge < -0.3 is 0 Å². The number of halogens is 1. The molecule has 0 N–H and O–H groups in total. The largest absolute Gasteiger partial charge is 0.298 e. The summed E-state index contributed by atoms with van der Waals surface area (Å²) in [6, 6.07) is 0. The van der Waals surface area contributed by atoms with Crippen molar-refractivity contribution in [2.75, 3.05) is 0 Å². The van der Waals surface area contributed by atoms with Crippen molar-refractivity contribution < 1.29 is 4.79 Å². The molecule has 0 amide bonds. The molecule has 0 bridgehead atoms. The summed E-state index contributed by atoms with van der Waals surface area (Å²) in [5.74, 6) is 0.895. The Hall–Kier alpha value is -0.0400. The lowest BCUT2D eigenvalue weighted by molar-refractivity contribution is -0.113. The molecule has 1 nitrogen and oxygen atoms in total. The van der Waals surface area contributed by atoms with E-state index in [1.165, 1.54) is 6.92 Å². The lowest BCUT2D eigenvalue weighted by Gasteiger charge is -1.68. The van der Waals surface area contributed by atoms with Gasteiger partial charge in [-0.05, 0) is 6.92 Å². The molecule has 0 saturated carbocycles. The predicted molar refractivity (Wildman–Crippen MR) is 20.8 cm³/mol. The fourth-order valence-electron chi connectivity index (χ4n) is 0. The summed E-state index contributed by atoms with van der Waals surface area (Å²) in [7, 11) is 0. The van der Waals surface area contributed by atoms with Crippen molar-refractivity contribution in [1.29, 1.82) is 0 Å². The van der Waals surface area contributed by atoms with Gasteiger partial charge in [0.1, 0.15) is 11.7 Å². The molecular formula is C3H4ClO. The van der Waals surface area contributed by atoms with E-state index in [9.17, 15) is 4.79 Å². The third-order valence-corrected chi connectivity index (χ3v) is 0.461. The quantitative estimate of drug-likeness (QED) is 0.470. The zero-order valence-corrected chi connectivity index (χ0v) is 3.62. The molecule has 29 valence electrons. The van der Waals surface area contributed by atoms with Crippen LogP contribution in [0.3, 0.4) is 0 Å². The van der Waals surface area contributed by atoms with Crippen LogP contribution >= 0.6 is 11.6 Å². The van der Waals surface area contributed by atoms with Crippen LogP contribution < -0.4 is 0 Å². The summed E-state index contributed by atoms with van der Waals surface area (Å²) >= 11 is 4.86. The minimum atomic E-state index is -0.105. The molecular weight excluding hydrogens is 87.5 g/mol. The highest BCUT2D eigenvalue weighted by Gasteiger charge is 1.80. The molecule has 0 aliphatic rings. The maximum Gasteiger partial charge on any atom is 0.149 e. The first-order chi connectivity index (χ1) is 2.27. The molecule has 0 fully saturated rings. The van der Waals surface area contributed by atoms with E-state index in [-0.39, 0.29) is 5.78 Å². The molecule has 0 saturated heterocycles. The van der Waals surface area contributed by atoms with Gasteiger partial charge in [-0.15, -0.1) is 11.6 Å². The molecule has 0 aliphatic carbocycles. The number of hydrogen-bond acceptors (Lipinski definition) is 1. The average molecular weight is 91.5 g/mol. The van der Waals surface area contributed by atoms with Gasteiger partial charge in [-0.25, -0.2) is 0 Å². The third kappa shape index (κ3) is 3.96. The topological polar surface area (TPSA) is 17.1 Å². The number of rotatable bonds is 1. The van der Waals surface area contributed by atoms with E-state index in [0.717, 1.165) is 5.88 Å². The van der Waals surface area contributed by atoms with Crippen LogP contribution in [0.1, 0.15) is 6.92 Å². The van der Waals surface area contributed by atoms with Crippen molar-refractivity contribution in [3.05, 3.63) is 5.88 Å². The number of carbonyl (C=O) groups is 1. The Morgan fingerprint density at radius 3 is 2.20 bits per heavy atom. The van der Waals surface area contributed by atoms with E-state index in [1.807, 2.05) is 0 Å². The molecule has 0 heterocycles. The average Bonchev–Trinajstić information content (AvgIpc) is 1.38. The van der Waals surface area contributed by atoms with Gasteiger partial charge in [-0.1, -0.05) is 0 Å². The predicted octanol–water partition coefficient (Wildman–Crippen LogP) is 0.976. The zero-order chi connectivity index (χ0) is 4.28. The number of carbonyl (C=O) groups excluding carboxylic acids is 1. The Morgan fingerprint density at radius 2 is 2.20 bits per heavy atom. The molecule has 0 atom stereocenters. The second kappa shape index (κ2) is 2.21. The van der Waals surface area contributed by atoms with Crippen LogP contribution in [0.5, 0.6) is 0 Å². The zero-order valence-electron chi connectivity index (χ0n) is 2.86. The Balaban J connectivity index is 2.85. The van der Waals surface area contributed by atoms with Crippen LogP contribution in [-0.4, -0.2) is 5.78 Å².